The van der Waals surface area contributed by atoms with Gasteiger partial charge < -0.3 is 55.5 Å². The molecule has 4 amide bonds. The number of amides is 4. The van der Waals surface area contributed by atoms with E-state index in [1.165, 1.54) is 0 Å². The number of rotatable bonds is 19. The SMILES string of the molecule is CCC(C)C(NC(=O)C(N)CC(N)=O)C(=O)NC(CCCN=C(N)N)C(=O)NC(CCCN=C(N)N)C(=O)O. The van der Waals surface area contributed by atoms with Gasteiger partial charge in [-0.1, -0.05) is 20.3 Å². The second kappa shape index (κ2) is 18.2. The van der Waals surface area contributed by atoms with E-state index in [9.17, 15) is 29.1 Å². The molecule has 0 aliphatic carbocycles. The van der Waals surface area contributed by atoms with Gasteiger partial charge in [0.2, 0.25) is 23.6 Å². The minimum Gasteiger partial charge on any atom is -0.480 e. The lowest BCUT2D eigenvalue weighted by molar-refractivity contribution is -0.142. The number of carboxylic acids is 1. The normalized spacial score (nSPS) is 14.4. The van der Waals surface area contributed by atoms with Crippen molar-refractivity contribution in [1.82, 2.24) is 16.0 Å². The van der Waals surface area contributed by atoms with Gasteiger partial charge in [0.1, 0.15) is 18.1 Å². The molecule has 5 unspecified atom stereocenters. The van der Waals surface area contributed by atoms with Gasteiger partial charge in [-0.05, 0) is 31.6 Å². The lowest BCUT2D eigenvalue weighted by atomic mass is 9.97. The van der Waals surface area contributed by atoms with Gasteiger partial charge in [0.25, 0.3) is 0 Å². The Morgan fingerprint density at radius 2 is 1.26 bits per heavy atom. The number of guanidine groups is 2. The third-order valence-electron chi connectivity index (χ3n) is 5.69. The van der Waals surface area contributed by atoms with E-state index in [0.717, 1.165) is 0 Å². The Bertz CT molecular complexity index is 903. The molecule has 0 saturated heterocycles. The topological polar surface area (TPSA) is 323 Å². The summed E-state index contributed by atoms with van der Waals surface area (Å²) in [7, 11) is 0. The highest BCUT2D eigenvalue weighted by molar-refractivity contribution is 5.95. The van der Waals surface area contributed by atoms with E-state index >= 15 is 0 Å². The number of carbonyl (C=O) groups is 5. The summed E-state index contributed by atoms with van der Waals surface area (Å²) < 4.78 is 0. The van der Waals surface area contributed by atoms with Crippen molar-refractivity contribution in [3.05, 3.63) is 0 Å². The fourth-order valence-electron chi connectivity index (χ4n) is 3.34. The van der Waals surface area contributed by atoms with Crippen molar-refractivity contribution in [1.29, 1.82) is 0 Å². The van der Waals surface area contributed by atoms with E-state index in [4.69, 9.17) is 34.4 Å². The van der Waals surface area contributed by atoms with Crippen LogP contribution >= 0.6 is 0 Å². The van der Waals surface area contributed by atoms with Crippen LogP contribution < -0.4 is 50.4 Å². The molecule has 0 heterocycles. The van der Waals surface area contributed by atoms with Crippen LogP contribution in [-0.2, 0) is 24.0 Å². The van der Waals surface area contributed by atoms with Gasteiger partial charge in [-0.3, -0.25) is 29.2 Å². The molecule has 0 aromatic rings. The van der Waals surface area contributed by atoms with E-state index in [1.54, 1.807) is 13.8 Å². The van der Waals surface area contributed by atoms with Crippen molar-refractivity contribution < 1.29 is 29.1 Å². The quantitative estimate of drug-likeness (QED) is 0.0413. The highest BCUT2D eigenvalue weighted by Gasteiger charge is 2.32. The average molecular weight is 558 g/mol. The monoisotopic (exact) mass is 557 g/mol. The fourth-order valence-corrected chi connectivity index (χ4v) is 3.34. The third kappa shape index (κ3) is 15.0. The van der Waals surface area contributed by atoms with Crippen LogP contribution in [0.25, 0.3) is 0 Å². The molecule has 0 bridgehead atoms. The lowest BCUT2D eigenvalue weighted by Gasteiger charge is -2.28. The molecule has 0 rings (SSSR count). The summed E-state index contributed by atoms with van der Waals surface area (Å²) in [6, 6.07) is -4.84. The molecule has 5 atom stereocenters. The standard InChI is InChI=1S/C22H43N11O6/c1-3-11(2)16(33-17(35)12(23)10-15(24)34)19(37)31-13(6-4-8-29-21(25)26)18(36)32-14(20(38)39)7-5-9-30-22(27)28/h11-14,16H,3-10,23H2,1-2H3,(H2,24,34)(H,31,37)(H,32,36)(H,33,35)(H,38,39)(H4,25,26,29)(H4,27,28,30). The highest BCUT2D eigenvalue weighted by Crippen LogP contribution is 2.11. The molecule has 17 nitrogen and oxygen atoms in total. The van der Waals surface area contributed by atoms with Crippen molar-refractivity contribution in [3.8, 4) is 0 Å². The summed E-state index contributed by atoms with van der Waals surface area (Å²) >= 11 is 0. The van der Waals surface area contributed by atoms with E-state index in [-0.39, 0.29) is 56.6 Å². The number of carboxylic acid groups (broad SMARTS) is 1. The Morgan fingerprint density at radius 3 is 1.69 bits per heavy atom. The van der Waals surface area contributed by atoms with Gasteiger partial charge in [0.15, 0.2) is 11.9 Å². The largest absolute Gasteiger partial charge is 0.480 e. The van der Waals surface area contributed by atoms with E-state index in [0.29, 0.717) is 6.42 Å². The van der Waals surface area contributed by atoms with Crippen LogP contribution in [0.3, 0.4) is 0 Å². The summed E-state index contributed by atoms with van der Waals surface area (Å²) in [4.78, 5) is 69.2. The summed E-state index contributed by atoms with van der Waals surface area (Å²) in [5.41, 5.74) is 31.9. The molecule has 0 saturated carbocycles. The van der Waals surface area contributed by atoms with Crippen LogP contribution in [0.1, 0.15) is 52.4 Å². The first kappa shape index (κ1) is 34.9. The fraction of sp³-hybridized carbons (Fsp3) is 0.682. The van der Waals surface area contributed by atoms with E-state index in [1.807, 2.05) is 0 Å². The van der Waals surface area contributed by atoms with E-state index < -0.39 is 60.2 Å². The molecule has 0 radical (unpaired) electrons. The third-order valence-corrected chi connectivity index (χ3v) is 5.69. The van der Waals surface area contributed by atoms with Crippen molar-refractivity contribution in [2.24, 2.45) is 50.3 Å². The molecular formula is C22H43N11O6. The van der Waals surface area contributed by atoms with Gasteiger partial charge in [-0.2, -0.15) is 0 Å². The molecule has 0 aliphatic heterocycles. The predicted molar refractivity (Wildman–Crippen MR) is 144 cm³/mol. The van der Waals surface area contributed by atoms with Crippen LogP contribution in [0.2, 0.25) is 0 Å². The van der Waals surface area contributed by atoms with Crippen molar-refractivity contribution >= 4 is 41.5 Å². The number of nitrogens with one attached hydrogen (secondary N) is 3. The Balaban J connectivity index is 5.70. The first-order valence-corrected chi connectivity index (χ1v) is 12.5. The van der Waals surface area contributed by atoms with Gasteiger partial charge in [-0.15, -0.1) is 0 Å². The van der Waals surface area contributed by atoms with Gasteiger partial charge in [0.05, 0.1) is 12.5 Å². The molecular weight excluding hydrogens is 514 g/mol. The molecule has 16 N–H and O–H groups in total. The number of hydrogen-bond donors (Lipinski definition) is 10. The first-order chi connectivity index (χ1) is 18.2. The maximum Gasteiger partial charge on any atom is 0.326 e. The number of aliphatic carboxylic acids is 1. The number of nitrogens with two attached hydrogens (primary N) is 6. The lowest BCUT2D eigenvalue weighted by Crippen LogP contribution is -2.58. The van der Waals surface area contributed by atoms with Crippen LogP contribution in [0.5, 0.6) is 0 Å². The highest BCUT2D eigenvalue weighted by atomic mass is 16.4. The van der Waals surface area contributed by atoms with Crippen molar-refractivity contribution in [2.45, 2.75) is 76.5 Å². The van der Waals surface area contributed by atoms with Gasteiger partial charge in [-0.25, -0.2) is 4.79 Å². The maximum atomic E-state index is 13.2. The molecule has 39 heavy (non-hydrogen) atoms. The summed E-state index contributed by atoms with van der Waals surface area (Å²) in [5.74, 6) is -4.99. The number of primary amides is 1. The summed E-state index contributed by atoms with van der Waals surface area (Å²) in [6.07, 6.45) is 0.664. The van der Waals surface area contributed by atoms with Gasteiger partial charge >= 0.3 is 5.97 Å². The maximum absolute atomic E-state index is 13.2. The Kier molecular flexibility index (Phi) is 16.2. The van der Waals surface area contributed by atoms with Crippen LogP contribution in [-0.4, -0.2) is 83.9 Å². The average Bonchev–Trinajstić information content (AvgIpc) is 2.84. The first-order valence-electron chi connectivity index (χ1n) is 12.5. The Morgan fingerprint density at radius 1 is 0.769 bits per heavy atom. The van der Waals surface area contributed by atoms with Crippen LogP contribution in [0.4, 0.5) is 0 Å². The number of hydrogen-bond acceptors (Lipinski definition) is 8. The number of aliphatic imine (C=N–C) groups is 2. The zero-order valence-electron chi connectivity index (χ0n) is 22.4. The second-order valence-corrected chi connectivity index (χ2v) is 9.01. The second-order valence-electron chi connectivity index (χ2n) is 9.01. The number of nitrogens with zero attached hydrogens (tertiary/aromatic N) is 2. The summed E-state index contributed by atoms with van der Waals surface area (Å²) in [5, 5.41) is 17.0. The van der Waals surface area contributed by atoms with Crippen LogP contribution in [0, 0.1) is 5.92 Å². The Hall–Kier alpha value is -4.15. The van der Waals surface area contributed by atoms with Gasteiger partial charge in [0, 0.05) is 13.1 Å². The van der Waals surface area contributed by atoms with Crippen LogP contribution in [0.15, 0.2) is 9.98 Å². The van der Waals surface area contributed by atoms with Crippen molar-refractivity contribution in [2.75, 3.05) is 13.1 Å². The molecule has 0 aromatic heterocycles. The van der Waals surface area contributed by atoms with Crippen molar-refractivity contribution in [3.63, 3.8) is 0 Å². The molecule has 17 heteroatoms. The molecule has 0 spiro atoms. The zero-order valence-corrected chi connectivity index (χ0v) is 22.4. The smallest absolute Gasteiger partial charge is 0.326 e. The minimum atomic E-state index is -1.29. The minimum absolute atomic E-state index is 0.0236. The molecule has 222 valence electrons. The molecule has 0 aliphatic rings. The molecule has 0 aromatic carbocycles. The van der Waals surface area contributed by atoms with E-state index in [2.05, 4.69) is 25.9 Å². The Labute approximate surface area is 226 Å². The zero-order chi connectivity index (χ0) is 30.1. The predicted octanol–water partition coefficient (Wildman–Crippen LogP) is -4.12. The molecule has 0 fully saturated rings. The summed E-state index contributed by atoms with van der Waals surface area (Å²) in [6.45, 7) is 3.81. The number of carbonyl (C=O) groups excluding carboxylic acids is 4.